The Morgan fingerprint density at radius 3 is 2.48 bits per heavy atom. The Morgan fingerprint density at radius 1 is 1.06 bits per heavy atom. The molecule has 1 fully saturated rings. The highest BCUT2D eigenvalue weighted by Gasteiger charge is 2.21. The fraction of sp³-hybridized carbons (Fsp3) is 0.500. The molecule has 3 rings (SSSR count). The van der Waals surface area contributed by atoms with Gasteiger partial charge >= 0.3 is 0 Å². The molecule has 1 aromatic carbocycles. The van der Waals surface area contributed by atoms with Gasteiger partial charge in [0.15, 0.2) is 17.5 Å². The lowest BCUT2D eigenvalue weighted by Crippen LogP contribution is -2.47. The maximum atomic E-state index is 5.90. The molecule has 1 aliphatic heterocycles. The first-order valence-electron chi connectivity index (χ1n) is 11.2. The van der Waals surface area contributed by atoms with E-state index < -0.39 is 0 Å². The van der Waals surface area contributed by atoms with Crippen LogP contribution >= 0.6 is 0 Å². The molecule has 0 unspecified atom stereocenters. The van der Waals surface area contributed by atoms with Crippen LogP contribution < -0.4 is 14.8 Å². The molecule has 0 amide bonds. The number of rotatable bonds is 9. The van der Waals surface area contributed by atoms with Crippen LogP contribution in [0.2, 0.25) is 0 Å². The number of likely N-dealkylation sites (tertiary alicyclic amines) is 1. The van der Waals surface area contributed by atoms with E-state index in [9.17, 15) is 0 Å². The maximum absolute atomic E-state index is 5.90. The summed E-state index contributed by atoms with van der Waals surface area (Å²) in [7, 11) is 0. The lowest BCUT2D eigenvalue weighted by molar-refractivity contribution is 0.0263. The number of hydrogen-bond donors (Lipinski definition) is 1. The highest BCUT2D eigenvalue weighted by molar-refractivity contribution is 5.80. The zero-order valence-electron chi connectivity index (χ0n) is 18.8. The first-order valence-corrected chi connectivity index (χ1v) is 11.2. The molecule has 1 aromatic heterocycles. The van der Waals surface area contributed by atoms with E-state index in [0.29, 0.717) is 36.6 Å². The van der Waals surface area contributed by atoms with Gasteiger partial charge < -0.3 is 24.4 Å². The number of ether oxygens (including phenoxy) is 3. The van der Waals surface area contributed by atoms with Crippen LogP contribution in [0.15, 0.2) is 47.6 Å². The van der Waals surface area contributed by atoms with E-state index in [1.165, 1.54) is 0 Å². The van der Waals surface area contributed by atoms with E-state index in [0.717, 1.165) is 50.6 Å². The summed E-state index contributed by atoms with van der Waals surface area (Å²) in [5, 5.41) is 3.41. The van der Waals surface area contributed by atoms with Crippen molar-refractivity contribution in [3.63, 3.8) is 0 Å². The number of pyridine rings is 1. The topological polar surface area (TPSA) is 68.2 Å². The number of nitrogens with zero attached hydrogens (tertiary/aromatic N) is 3. The average molecular weight is 427 g/mol. The van der Waals surface area contributed by atoms with Crippen molar-refractivity contribution in [3.05, 3.63) is 48.2 Å². The van der Waals surface area contributed by atoms with Gasteiger partial charge in [0.1, 0.15) is 0 Å². The molecule has 7 heteroatoms. The Balaban J connectivity index is 1.59. The molecular weight excluding hydrogens is 392 g/mol. The van der Waals surface area contributed by atoms with Crippen molar-refractivity contribution < 1.29 is 14.2 Å². The number of benzene rings is 1. The second-order valence-electron chi connectivity index (χ2n) is 7.30. The fourth-order valence-electron chi connectivity index (χ4n) is 3.55. The summed E-state index contributed by atoms with van der Waals surface area (Å²) in [5.41, 5.74) is 1.03. The summed E-state index contributed by atoms with van der Waals surface area (Å²) in [4.78, 5) is 11.6. The zero-order chi connectivity index (χ0) is 21.9. The molecule has 1 N–H and O–H groups in total. The number of aromatic nitrogens is 1. The molecule has 0 aliphatic carbocycles. The van der Waals surface area contributed by atoms with Crippen molar-refractivity contribution in [2.45, 2.75) is 46.3 Å². The molecular formula is C24H34N4O3. The van der Waals surface area contributed by atoms with E-state index in [1.807, 2.05) is 49.5 Å². The van der Waals surface area contributed by atoms with E-state index in [-0.39, 0.29) is 0 Å². The van der Waals surface area contributed by atoms with Gasteiger partial charge in [0.2, 0.25) is 5.88 Å². The van der Waals surface area contributed by atoms with Crippen molar-refractivity contribution in [2.75, 3.05) is 32.8 Å². The molecule has 0 saturated carbocycles. The van der Waals surface area contributed by atoms with Gasteiger partial charge in [0, 0.05) is 38.5 Å². The lowest BCUT2D eigenvalue weighted by atomic mass is 10.1. The SMILES string of the molecule is CCNC(=NCc1ccc(Oc2ccccc2OCC)nc1)N1CCC(OCC)CC1. The second-order valence-corrected chi connectivity index (χ2v) is 7.30. The van der Waals surface area contributed by atoms with Gasteiger partial charge in [0.05, 0.1) is 19.3 Å². The number of guanidine groups is 1. The number of hydrogen-bond acceptors (Lipinski definition) is 5. The molecule has 0 radical (unpaired) electrons. The maximum Gasteiger partial charge on any atom is 0.219 e. The van der Waals surface area contributed by atoms with Crippen molar-refractivity contribution in [1.82, 2.24) is 15.2 Å². The van der Waals surface area contributed by atoms with Crippen LogP contribution in [0, 0.1) is 0 Å². The third-order valence-electron chi connectivity index (χ3n) is 5.05. The van der Waals surface area contributed by atoms with Crippen molar-refractivity contribution >= 4 is 5.96 Å². The largest absolute Gasteiger partial charge is 0.490 e. The standard InChI is InChI=1S/C24H34N4O3/c1-4-25-24(28-15-13-20(14-16-28)29-5-2)27-18-19-11-12-23(26-17-19)31-22-10-8-7-9-21(22)30-6-3/h7-12,17,20H,4-6,13-16,18H2,1-3H3,(H,25,27). The van der Waals surface area contributed by atoms with Gasteiger partial charge in [-0.05, 0) is 51.3 Å². The minimum absolute atomic E-state index is 0.369. The third-order valence-corrected chi connectivity index (χ3v) is 5.05. The Hall–Kier alpha value is -2.80. The summed E-state index contributed by atoms with van der Waals surface area (Å²) in [6, 6.07) is 11.5. The highest BCUT2D eigenvalue weighted by atomic mass is 16.5. The third kappa shape index (κ3) is 6.85. The van der Waals surface area contributed by atoms with Crippen molar-refractivity contribution in [2.24, 2.45) is 4.99 Å². The molecule has 1 saturated heterocycles. The molecule has 2 heterocycles. The van der Waals surface area contributed by atoms with E-state index in [1.54, 1.807) is 0 Å². The van der Waals surface area contributed by atoms with E-state index in [2.05, 4.69) is 29.0 Å². The van der Waals surface area contributed by atoms with Gasteiger partial charge in [0.25, 0.3) is 0 Å². The second kappa shape index (κ2) is 12.2. The minimum atomic E-state index is 0.369. The summed E-state index contributed by atoms with van der Waals surface area (Å²) in [5.74, 6) is 2.85. The first-order chi connectivity index (χ1) is 15.2. The average Bonchev–Trinajstić information content (AvgIpc) is 2.80. The van der Waals surface area contributed by atoms with Crippen LogP contribution in [0.1, 0.15) is 39.2 Å². The van der Waals surface area contributed by atoms with Crippen LogP contribution in [0.25, 0.3) is 0 Å². The Labute approximate surface area is 185 Å². The predicted octanol–water partition coefficient (Wildman–Crippen LogP) is 4.24. The van der Waals surface area contributed by atoms with Gasteiger partial charge in [-0.25, -0.2) is 9.98 Å². The normalized spacial score (nSPS) is 15.1. The Morgan fingerprint density at radius 2 is 1.84 bits per heavy atom. The van der Waals surface area contributed by atoms with Crippen LogP contribution in [0.3, 0.4) is 0 Å². The van der Waals surface area contributed by atoms with Gasteiger partial charge in [-0.1, -0.05) is 18.2 Å². The van der Waals surface area contributed by atoms with E-state index >= 15 is 0 Å². The van der Waals surface area contributed by atoms with Crippen molar-refractivity contribution in [1.29, 1.82) is 0 Å². The van der Waals surface area contributed by atoms with Gasteiger partial charge in [-0.2, -0.15) is 0 Å². The number of piperidine rings is 1. The predicted molar refractivity (Wildman–Crippen MR) is 123 cm³/mol. The summed E-state index contributed by atoms with van der Waals surface area (Å²) in [6.45, 7) is 10.8. The lowest BCUT2D eigenvalue weighted by Gasteiger charge is -2.34. The minimum Gasteiger partial charge on any atom is -0.490 e. The van der Waals surface area contributed by atoms with Crippen LogP contribution in [-0.2, 0) is 11.3 Å². The molecule has 0 spiro atoms. The smallest absolute Gasteiger partial charge is 0.219 e. The van der Waals surface area contributed by atoms with Crippen LogP contribution in [-0.4, -0.2) is 54.8 Å². The molecule has 168 valence electrons. The molecule has 2 aromatic rings. The highest BCUT2D eigenvalue weighted by Crippen LogP contribution is 2.30. The van der Waals surface area contributed by atoms with E-state index in [4.69, 9.17) is 19.2 Å². The fourth-order valence-corrected chi connectivity index (χ4v) is 3.55. The summed E-state index contributed by atoms with van der Waals surface area (Å²) >= 11 is 0. The summed E-state index contributed by atoms with van der Waals surface area (Å²) < 4.78 is 17.3. The van der Waals surface area contributed by atoms with Gasteiger partial charge in [-0.3, -0.25) is 0 Å². The zero-order valence-corrected chi connectivity index (χ0v) is 18.8. The first kappa shape index (κ1) is 22.9. The molecule has 7 nitrogen and oxygen atoms in total. The van der Waals surface area contributed by atoms with Crippen LogP contribution in [0.4, 0.5) is 0 Å². The monoisotopic (exact) mass is 426 g/mol. The molecule has 0 atom stereocenters. The molecule has 0 bridgehead atoms. The Bertz CT molecular complexity index is 818. The number of para-hydroxylation sites is 2. The molecule has 31 heavy (non-hydrogen) atoms. The summed E-state index contributed by atoms with van der Waals surface area (Å²) in [6.07, 6.45) is 4.26. The quantitative estimate of drug-likeness (QED) is 0.478. The Kier molecular flexibility index (Phi) is 8.97. The van der Waals surface area contributed by atoms with Crippen molar-refractivity contribution in [3.8, 4) is 17.4 Å². The van der Waals surface area contributed by atoms with Gasteiger partial charge in [-0.15, -0.1) is 0 Å². The number of aliphatic imine (C=N–C) groups is 1. The molecule has 1 aliphatic rings. The number of nitrogens with one attached hydrogen (secondary N) is 1. The van der Waals surface area contributed by atoms with Crippen LogP contribution in [0.5, 0.6) is 17.4 Å².